The summed E-state index contributed by atoms with van der Waals surface area (Å²) >= 11 is 0. The van der Waals surface area contributed by atoms with Crippen LogP contribution >= 0.6 is 0 Å². The number of ether oxygens (including phenoxy) is 1. The molecule has 1 aliphatic rings. The molecule has 1 amide bonds. The molecule has 1 aromatic heterocycles. The summed E-state index contributed by atoms with van der Waals surface area (Å²) in [5.74, 6) is -0.250. The lowest BCUT2D eigenvalue weighted by atomic mass is 10.00. The molecule has 3 aromatic rings. The van der Waals surface area contributed by atoms with Gasteiger partial charge >= 0.3 is 0 Å². The number of fused-ring (bicyclic) bond motifs is 2. The van der Waals surface area contributed by atoms with Crippen LogP contribution in [0.1, 0.15) is 23.6 Å². The number of aromatic nitrogens is 2. The summed E-state index contributed by atoms with van der Waals surface area (Å²) in [4.78, 5) is 27.9. The number of H-pyrrole nitrogens is 1. The number of hydrogen-bond acceptors (Lipinski definition) is 4. The zero-order chi connectivity index (χ0) is 19.2. The smallest absolute Gasteiger partial charge is 0.290 e. The number of hydrogen-bond donors (Lipinski definition) is 3. The van der Waals surface area contributed by atoms with Gasteiger partial charge in [0.05, 0.1) is 36.4 Å². The molecule has 0 saturated carbocycles. The van der Waals surface area contributed by atoms with E-state index >= 15 is 0 Å². The summed E-state index contributed by atoms with van der Waals surface area (Å²) in [6.07, 6.45) is 2.51. The molecule has 0 spiro atoms. The highest BCUT2D eigenvalue weighted by Crippen LogP contribution is 2.34. The van der Waals surface area contributed by atoms with E-state index in [4.69, 9.17) is 14.6 Å². The zero-order valence-electron chi connectivity index (χ0n) is 14.3. The van der Waals surface area contributed by atoms with Crippen LogP contribution in [-0.2, 0) is 16.0 Å². The third-order valence-corrected chi connectivity index (χ3v) is 4.21. The van der Waals surface area contributed by atoms with Gasteiger partial charge in [0.15, 0.2) is 11.6 Å². The van der Waals surface area contributed by atoms with E-state index in [0.29, 0.717) is 18.6 Å². The van der Waals surface area contributed by atoms with Gasteiger partial charge < -0.3 is 20.1 Å². The number of para-hydroxylation sites is 1. The Morgan fingerprint density at radius 3 is 3.04 bits per heavy atom. The van der Waals surface area contributed by atoms with Crippen LogP contribution < -0.4 is 10.1 Å². The van der Waals surface area contributed by atoms with Crippen LogP contribution in [0.2, 0.25) is 0 Å². The molecule has 1 unspecified atom stereocenters. The zero-order valence-corrected chi connectivity index (χ0v) is 14.3. The summed E-state index contributed by atoms with van der Waals surface area (Å²) in [5, 5.41) is 9.87. The van der Waals surface area contributed by atoms with E-state index in [9.17, 15) is 9.18 Å². The van der Waals surface area contributed by atoms with Gasteiger partial charge in [0.2, 0.25) is 5.91 Å². The maximum atomic E-state index is 13.8. The molecule has 140 valence electrons. The molecule has 27 heavy (non-hydrogen) atoms. The Balaban J connectivity index is 0.000000659. The van der Waals surface area contributed by atoms with E-state index in [0.717, 1.165) is 16.6 Å². The van der Waals surface area contributed by atoms with Crippen molar-refractivity contribution in [1.82, 2.24) is 15.3 Å². The minimum absolute atomic E-state index is 0.101. The van der Waals surface area contributed by atoms with E-state index < -0.39 is 5.82 Å². The van der Waals surface area contributed by atoms with Gasteiger partial charge in [-0.25, -0.2) is 9.37 Å². The molecule has 0 bridgehead atoms. The standard InChI is InChI=1S/C18H16FN3O2.CH2O2/c19-13-3-1-2-12-14(6-7-24-18(12)13)22-17(23)9-11-4-5-15-16(8-11)21-10-20-15;2-1-3/h1-5,8,10,14H,6-7,9H2,(H,20,21)(H,22,23);1H,(H,2,3). The lowest BCUT2D eigenvalue weighted by Gasteiger charge is -2.27. The quantitative estimate of drug-likeness (QED) is 0.614. The Labute approximate surface area is 154 Å². The van der Waals surface area contributed by atoms with Crippen molar-refractivity contribution in [2.75, 3.05) is 6.61 Å². The Morgan fingerprint density at radius 2 is 2.22 bits per heavy atom. The predicted molar refractivity (Wildman–Crippen MR) is 95.9 cm³/mol. The van der Waals surface area contributed by atoms with Crippen molar-refractivity contribution in [2.45, 2.75) is 18.9 Å². The lowest BCUT2D eigenvalue weighted by Crippen LogP contribution is -2.33. The molecule has 8 heteroatoms. The number of nitrogens with zero attached hydrogens (tertiary/aromatic N) is 1. The summed E-state index contributed by atoms with van der Waals surface area (Å²) in [5.41, 5.74) is 3.36. The number of amides is 1. The first-order valence-electron chi connectivity index (χ1n) is 8.33. The van der Waals surface area contributed by atoms with Crippen molar-refractivity contribution in [2.24, 2.45) is 0 Å². The third-order valence-electron chi connectivity index (χ3n) is 4.21. The van der Waals surface area contributed by atoms with E-state index in [1.54, 1.807) is 18.5 Å². The molecule has 0 aliphatic carbocycles. The highest BCUT2D eigenvalue weighted by Gasteiger charge is 2.25. The molecule has 3 N–H and O–H groups in total. The number of imidazole rings is 1. The second-order valence-corrected chi connectivity index (χ2v) is 5.95. The van der Waals surface area contributed by atoms with Gasteiger partial charge in [-0.1, -0.05) is 18.2 Å². The van der Waals surface area contributed by atoms with Gasteiger partial charge in [0.25, 0.3) is 6.47 Å². The number of rotatable bonds is 3. The van der Waals surface area contributed by atoms with E-state index in [1.165, 1.54) is 6.07 Å². The summed E-state index contributed by atoms with van der Waals surface area (Å²) < 4.78 is 19.2. The summed E-state index contributed by atoms with van der Waals surface area (Å²) in [7, 11) is 0. The van der Waals surface area contributed by atoms with Crippen molar-refractivity contribution < 1.29 is 23.8 Å². The molecule has 0 radical (unpaired) electrons. The molecule has 2 aromatic carbocycles. The normalized spacial score (nSPS) is 15.1. The fourth-order valence-corrected chi connectivity index (χ4v) is 3.06. The maximum absolute atomic E-state index is 13.8. The molecule has 0 fully saturated rings. The van der Waals surface area contributed by atoms with Gasteiger partial charge in [-0.05, 0) is 23.8 Å². The Morgan fingerprint density at radius 1 is 1.41 bits per heavy atom. The van der Waals surface area contributed by atoms with Crippen molar-refractivity contribution in [3.63, 3.8) is 0 Å². The fourth-order valence-electron chi connectivity index (χ4n) is 3.06. The Bertz CT molecular complexity index is 957. The van der Waals surface area contributed by atoms with Gasteiger partial charge in [-0.3, -0.25) is 9.59 Å². The molecular weight excluding hydrogens is 353 g/mol. The van der Waals surface area contributed by atoms with Crippen LogP contribution in [-0.4, -0.2) is 34.1 Å². The number of nitrogens with one attached hydrogen (secondary N) is 2. The fraction of sp³-hybridized carbons (Fsp3) is 0.211. The van der Waals surface area contributed by atoms with Gasteiger partial charge in [0.1, 0.15) is 0 Å². The van der Waals surface area contributed by atoms with Crippen LogP contribution in [0.3, 0.4) is 0 Å². The number of carbonyl (C=O) groups excluding carboxylic acids is 1. The number of halogens is 1. The molecule has 1 aliphatic heterocycles. The summed E-state index contributed by atoms with van der Waals surface area (Å²) in [6, 6.07) is 10.2. The number of carbonyl (C=O) groups is 2. The SMILES string of the molecule is O=C(Cc1ccc2nc[nH]c2c1)NC1CCOc2c(F)cccc21.O=CO. The minimum atomic E-state index is -0.392. The van der Waals surface area contributed by atoms with Gasteiger partial charge in [0, 0.05) is 12.0 Å². The van der Waals surface area contributed by atoms with Crippen molar-refractivity contribution in [3.05, 3.63) is 59.7 Å². The highest BCUT2D eigenvalue weighted by atomic mass is 19.1. The van der Waals surface area contributed by atoms with Gasteiger partial charge in [-0.15, -0.1) is 0 Å². The van der Waals surface area contributed by atoms with Crippen LogP contribution in [0, 0.1) is 5.82 Å². The average Bonchev–Trinajstić information content (AvgIpc) is 3.11. The van der Waals surface area contributed by atoms with Crippen LogP contribution in [0.25, 0.3) is 11.0 Å². The topological polar surface area (TPSA) is 104 Å². The molecular formula is C19H18FN3O4. The highest BCUT2D eigenvalue weighted by molar-refractivity contribution is 5.82. The Kier molecular flexibility index (Phi) is 5.65. The van der Waals surface area contributed by atoms with Crippen molar-refractivity contribution >= 4 is 23.4 Å². The van der Waals surface area contributed by atoms with E-state index in [-0.39, 0.29) is 30.6 Å². The second kappa shape index (κ2) is 8.31. The monoisotopic (exact) mass is 371 g/mol. The van der Waals surface area contributed by atoms with Crippen LogP contribution in [0.15, 0.2) is 42.7 Å². The van der Waals surface area contributed by atoms with Crippen LogP contribution in [0.5, 0.6) is 5.75 Å². The third kappa shape index (κ3) is 4.22. The van der Waals surface area contributed by atoms with E-state index in [1.807, 2.05) is 18.2 Å². The molecule has 4 rings (SSSR count). The number of benzene rings is 2. The molecule has 2 heterocycles. The first kappa shape index (κ1) is 18.4. The predicted octanol–water partition coefficient (Wildman–Crippen LogP) is 2.59. The second-order valence-electron chi connectivity index (χ2n) is 5.95. The van der Waals surface area contributed by atoms with Crippen LogP contribution in [0.4, 0.5) is 4.39 Å². The summed E-state index contributed by atoms with van der Waals surface area (Å²) in [6.45, 7) is 0.138. The lowest BCUT2D eigenvalue weighted by molar-refractivity contribution is -0.123. The largest absolute Gasteiger partial charge is 0.490 e. The molecule has 7 nitrogen and oxygen atoms in total. The van der Waals surface area contributed by atoms with Gasteiger partial charge in [-0.2, -0.15) is 0 Å². The average molecular weight is 371 g/mol. The first-order valence-corrected chi connectivity index (χ1v) is 8.33. The van der Waals surface area contributed by atoms with E-state index in [2.05, 4.69) is 15.3 Å². The number of carboxylic acid groups (broad SMARTS) is 1. The minimum Gasteiger partial charge on any atom is -0.490 e. The van der Waals surface area contributed by atoms with Crippen molar-refractivity contribution in [3.8, 4) is 5.75 Å². The number of aromatic amines is 1. The molecule has 0 saturated heterocycles. The maximum Gasteiger partial charge on any atom is 0.290 e. The van der Waals surface area contributed by atoms with Crippen molar-refractivity contribution in [1.29, 1.82) is 0 Å². The first-order chi connectivity index (χ1) is 13.1. The molecule has 1 atom stereocenters. The Hall–Kier alpha value is -3.42.